The minimum absolute atomic E-state index is 0.676. The Labute approximate surface area is 103 Å². The smallest absolute Gasteiger partial charge is 0.0692 e. The van der Waals surface area contributed by atoms with Crippen LogP contribution in [0.4, 0.5) is 0 Å². The Kier molecular flexibility index (Phi) is 4.94. The minimum atomic E-state index is 0.676. The lowest BCUT2D eigenvalue weighted by molar-refractivity contribution is 0.297. The van der Waals surface area contributed by atoms with Gasteiger partial charge < -0.3 is 10.2 Å². The molecule has 1 atom stereocenters. The standard InChI is InChI=1S/C12H23N5/c1-2-16-8-3-4-12(5-9-16)13-6-10-17-11-7-14-15-17/h7,11-13H,2-6,8-10H2,1H3. The Morgan fingerprint density at radius 1 is 1.35 bits per heavy atom. The molecule has 0 aromatic carbocycles. The number of nitrogens with one attached hydrogen (secondary N) is 1. The van der Waals surface area contributed by atoms with Crippen molar-refractivity contribution in [2.45, 2.75) is 38.8 Å². The Hall–Kier alpha value is -0.940. The van der Waals surface area contributed by atoms with Crippen LogP contribution in [0.25, 0.3) is 0 Å². The summed E-state index contributed by atoms with van der Waals surface area (Å²) in [4.78, 5) is 2.54. The van der Waals surface area contributed by atoms with Crippen LogP contribution in [0.1, 0.15) is 26.2 Å². The lowest BCUT2D eigenvalue weighted by Crippen LogP contribution is -2.33. The molecule has 1 aliphatic heterocycles. The van der Waals surface area contributed by atoms with Crippen molar-refractivity contribution in [2.24, 2.45) is 0 Å². The molecule has 1 N–H and O–H groups in total. The molecule has 0 bridgehead atoms. The molecular weight excluding hydrogens is 214 g/mol. The van der Waals surface area contributed by atoms with Gasteiger partial charge in [-0.25, -0.2) is 0 Å². The lowest BCUT2D eigenvalue weighted by atomic mass is 10.1. The van der Waals surface area contributed by atoms with Crippen LogP contribution in [-0.4, -0.2) is 52.1 Å². The lowest BCUT2D eigenvalue weighted by Gasteiger charge is -2.18. The van der Waals surface area contributed by atoms with Gasteiger partial charge in [-0.1, -0.05) is 12.1 Å². The van der Waals surface area contributed by atoms with Crippen LogP contribution in [0, 0.1) is 0 Å². The van der Waals surface area contributed by atoms with Gasteiger partial charge >= 0.3 is 0 Å². The molecule has 0 radical (unpaired) electrons. The van der Waals surface area contributed by atoms with Crippen LogP contribution in [0.15, 0.2) is 12.4 Å². The summed E-state index contributed by atoms with van der Waals surface area (Å²) in [5.41, 5.74) is 0. The number of aromatic nitrogens is 3. The number of rotatable bonds is 5. The predicted molar refractivity (Wildman–Crippen MR) is 67.8 cm³/mol. The van der Waals surface area contributed by atoms with E-state index in [4.69, 9.17) is 0 Å². The normalized spacial score (nSPS) is 22.5. The maximum absolute atomic E-state index is 3.96. The molecule has 1 aliphatic rings. The maximum atomic E-state index is 3.96. The van der Waals surface area contributed by atoms with Gasteiger partial charge in [0.05, 0.1) is 12.7 Å². The van der Waals surface area contributed by atoms with Crippen molar-refractivity contribution < 1.29 is 0 Å². The number of likely N-dealkylation sites (tertiary alicyclic amines) is 1. The fourth-order valence-electron chi connectivity index (χ4n) is 2.41. The van der Waals surface area contributed by atoms with E-state index in [1.165, 1.54) is 38.9 Å². The fourth-order valence-corrected chi connectivity index (χ4v) is 2.41. The average Bonchev–Trinajstić information content (AvgIpc) is 2.75. The number of hydrogen-bond donors (Lipinski definition) is 1. The summed E-state index contributed by atoms with van der Waals surface area (Å²) in [5, 5.41) is 11.4. The Morgan fingerprint density at radius 2 is 2.29 bits per heavy atom. The third-order valence-electron chi connectivity index (χ3n) is 3.51. The van der Waals surface area contributed by atoms with Crippen molar-refractivity contribution in [1.82, 2.24) is 25.2 Å². The van der Waals surface area contributed by atoms with Crippen LogP contribution in [0.5, 0.6) is 0 Å². The van der Waals surface area contributed by atoms with Gasteiger partial charge in [0.25, 0.3) is 0 Å². The molecule has 1 saturated heterocycles. The second-order valence-corrected chi connectivity index (χ2v) is 4.68. The zero-order valence-corrected chi connectivity index (χ0v) is 10.7. The highest BCUT2D eigenvalue weighted by molar-refractivity contribution is 4.74. The van der Waals surface area contributed by atoms with Crippen LogP contribution < -0.4 is 5.32 Å². The summed E-state index contributed by atoms with van der Waals surface area (Å²) >= 11 is 0. The molecule has 17 heavy (non-hydrogen) atoms. The van der Waals surface area contributed by atoms with Crippen molar-refractivity contribution in [3.05, 3.63) is 12.4 Å². The molecule has 1 unspecified atom stereocenters. The van der Waals surface area contributed by atoms with E-state index in [-0.39, 0.29) is 0 Å². The SMILES string of the molecule is CCN1CCCC(NCCn2ccnn2)CC1. The zero-order chi connectivity index (χ0) is 11.9. The quantitative estimate of drug-likeness (QED) is 0.820. The van der Waals surface area contributed by atoms with Gasteiger partial charge in [-0.15, -0.1) is 5.10 Å². The van der Waals surface area contributed by atoms with Crippen LogP contribution in [0.3, 0.4) is 0 Å². The van der Waals surface area contributed by atoms with Crippen molar-refractivity contribution in [1.29, 1.82) is 0 Å². The van der Waals surface area contributed by atoms with E-state index in [0.29, 0.717) is 6.04 Å². The zero-order valence-electron chi connectivity index (χ0n) is 10.7. The van der Waals surface area contributed by atoms with Gasteiger partial charge in [-0.3, -0.25) is 4.68 Å². The van der Waals surface area contributed by atoms with E-state index in [1.807, 2.05) is 10.9 Å². The third-order valence-corrected chi connectivity index (χ3v) is 3.51. The molecule has 5 heteroatoms. The van der Waals surface area contributed by atoms with Crippen molar-refractivity contribution in [3.63, 3.8) is 0 Å². The minimum Gasteiger partial charge on any atom is -0.312 e. The molecule has 2 rings (SSSR count). The summed E-state index contributed by atoms with van der Waals surface area (Å²) < 4.78 is 1.88. The second kappa shape index (κ2) is 6.71. The van der Waals surface area contributed by atoms with Crippen LogP contribution in [-0.2, 0) is 6.54 Å². The van der Waals surface area contributed by atoms with Crippen LogP contribution >= 0.6 is 0 Å². The highest BCUT2D eigenvalue weighted by Crippen LogP contribution is 2.10. The maximum Gasteiger partial charge on any atom is 0.0692 e. The monoisotopic (exact) mass is 237 g/mol. The van der Waals surface area contributed by atoms with E-state index >= 15 is 0 Å². The molecule has 5 nitrogen and oxygen atoms in total. The van der Waals surface area contributed by atoms with Crippen molar-refractivity contribution in [2.75, 3.05) is 26.2 Å². The largest absolute Gasteiger partial charge is 0.312 e. The van der Waals surface area contributed by atoms with E-state index in [0.717, 1.165) is 13.1 Å². The first-order valence-corrected chi connectivity index (χ1v) is 6.68. The highest BCUT2D eigenvalue weighted by Gasteiger charge is 2.14. The molecule has 0 amide bonds. The molecule has 96 valence electrons. The van der Waals surface area contributed by atoms with E-state index in [1.54, 1.807) is 6.20 Å². The van der Waals surface area contributed by atoms with E-state index < -0.39 is 0 Å². The summed E-state index contributed by atoms with van der Waals surface area (Å²) in [7, 11) is 0. The van der Waals surface area contributed by atoms with Gasteiger partial charge in [0.15, 0.2) is 0 Å². The number of nitrogens with zero attached hydrogens (tertiary/aromatic N) is 4. The summed E-state index contributed by atoms with van der Waals surface area (Å²) in [6.45, 7) is 7.83. The Bertz CT molecular complexity index is 298. The first kappa shape index (κ1) is 12.5. The van der Waals surface area contributed by atoms with Gasteiger partial charge in [0.2, 0.25) is 0 Å². The first-order valence-electron chi connectivity index (χ1n) is 6.68. The molecule has 1 aromatic rings. The molecular formula is C12H23N5. The molecule has 2 heterocycles. The van der Waals surface area contributed by atoms with Gasteiger partial charge in [-0.05, 0) is 38.9 Å². The van der Waals surface area contributed by atoms with E-state index in [9.17, 15) is 0 Å². The molecule has 1 aromatic heterocycles. The average molecular weight is 237 g/mol. The molecule has 0 aliphatic carbocycles. The predicted octanol–water partition coefficient (Wildman–Crippen LogP) is 0.742. The first-order chi connectivity index (χ1) is 8.38. The summed E-state index contributed by atoms with van der Waals surface area (Å²) in [6, 6.07) is 0.676. The van der Waals surface area contributed by atoms with E-state index in [2.05, 4.69) is 27.5 Å². The molecule has 1 fully saturated rings. The van der Waals surface area contributed by atoms with Crippen LogP contribution in [0.2, 0.25) is 0 Å². The highest BCUT2D eigenvalue weighted by atomic mass is 15.4. The third kappa shape index (κ3) is 4.09. The van der Waals surface area contributed by atoms with Gasteiger partial charge in [-0.2, -0.15) is 0 Å². The Morgan fingerprint density at radius 3 is 3.06 bits per heavy atom. The summed E-state index contributed by atoms with van der Waals surface area (Å²) in [5.74, 6) is 0. The topological polar surface area (TPSA) is 46.0 Å². The van der Waals surface area contributed by atoms with Crippen molar-refractivity contribution >= 4 is 0 Å². The molecule has 0 spiro atoms. The Balaban J connectivity index is 1.65. The van der Waals surface area contributed by atoms with Gasteiger partial charge in [0.1, 0.15) is 0 Å². The fraction of sp³-hybridized carbons (Fsp3) is 0.833. The second-order valence-electron chi connectivity index (χ2n) is 4.68. The van der Waals surface area contributed by atoms with Gasteiger partial charge in [0, 0.05) is 18.8 Å². The number of hydrogen-bond acceptors (Lipinski definition) is 4. The summed E-state index contributed by atoms with van der Waals surface area (Å²) in [6.07, 6.45) is 7.52. The van der Waals surface area contributed by atoms with Crippen molar-refractivity contribution in [3.8, 4) is 0 Å². The molecule has 0 saturated carbocycles.